The Morgan fingerprint density at radius 3 is 2.53 bits per heavy atom. The highest BCUT2D eigenvalue weighted by Crippen LogP contribution is 2.50. The molecule has 5 rings (SSSR count). The maximum atomic E-state index is 13.0. The largest absolute Gasteiger partial charge is 0.469 e. The van der Waals surface area contributed by atoms with Gasteiger partial charge in [0.05, 0.1) is 19.6 Å². The summed E-state index contributed by atoms with van der Waals surface area (Å²) in [5, 5.41) is 0. The van der Waals surface area contributed by atoms with Gasteiger partial charge in [-0.25, -0.2) is 4.79 Å². The topological polar surface area (TPSA) is 62.3 Å². The fourth-order valence-corrected chi connectivity index (χ4v) is 5.56. The Hall–Kier alpha value is -3.06. The first-order valence-electron chi connectivity index (χ1n) is 12.3. The van der Waals surface area contributed by atoms with Gasteiger partial charge in [-0.05, 0) is 47.6 Å². The number of anilines is 1. The lowest BCUT2D eigenvalue weighted by atomic mass is 9.96. The number of nitrogens with zero attached hydrogens (tertiary/aromatic N) is 3. The van der Waals surface area contributed by atoms with Gasteiger partial charge in [0.15, 0.2) is 0 Å². The predicted octanol–water partition coefficient (Wildman–Crippen LogP) is 3.94. The molecular weight excluding hydrogens is 430 g/mol. The zero-order chi connectivity index (χ0) is 23.5. The van der Waals surface area contributed by atoms with Crippen molar-refractivity contribution in [3.63, 3.8) is 0 Å². The number of fused-ring (bicyclic) bond motifs is 5. The highest BCUT2D eigenvalue weighted by Gasteiger charge is 2.41. The van der Waals surface area contributed by atoms with Gasteiger partial charge >= 0.3 is 12.1 Å². The fourth-order valence-electron chi connectivity index (χ4n) is 5.56. The molecule has 0 unspecified atom stereocenters. The highest BCUT2D eigenvalue weighted by atomic mass is 16.6. The van der Waals surface area contributed by atoms with Crippen LogP contribution >= 0.6 is 0 Å². The molecule has 2 aromatic carbocycles. The summed E-state index contributed by atoms with van der Waals surface area (Å²) in [7, 11) is 1.44. The minimum absolute atomic E-state index is 0.0957. The average Bonchev–Trinajstić information content (AvgIpc) is 3.17. The van der Waals surface area contributed by atoms with E-state index < -0.39 is 0 Å². The lowest BCUT2D eigenvalue weighted by Crippen LogP contribution is -2.47. The van der Waals surface area contributed by atoms with Crippen LogP contribution in [0.3, 0.4) is 0 Å². The van der Waals surface area contributed by atoms with Gasteiger partial charge in [-0.1, -0.05) is 36.4 Å². The summed E-state index contributed by atoms with van der Waals surface area (Å²) in [6.45, 7) is 5.50. The van der Waals surface area contributed by atoms with Crippen LogP contribution in [-0.2, 0) is 20.9 Å². The number of methoxy groups -OCH3 is 1. The van der Waals surface area contributed by atoms with Gasteiger partial charge in [-0.2, -0.15) is 0 Å². The second kappa shape index (κ2) is 10.1. The summed E-state index contributed by atoms with van der Waals surface area (Å²) in [4.78, 5) is 31.1. The van der Waals surface area contributed by atoms with Crippen LogP contribution in [0.5, 0.6) is 0 Å². The number of esters is 1. The molecule has 2 saturated heterocycles. The number of benzene rings is 2. The van der Waals surface area contributed by atoms with Crippen molar-refractivity contribution >= 4 is 17.7 Å². The van der Waals surface area contributed by atoms with Crippen molar-refractivity contribution < 1.29 is 19.1 Å². The monoisotopic (exact) mass is 463 g/mol. The molecule has 34 heavy (non-hydrogen) atoms. The number of hydrogen-bond acceptors (Lipinski definition) is 6. The molecule has 0 N–H and O–H groups in total. The van der Waals surface area contributed by atoms with E-state index in [2.05, 4.69) is 28.0 Å². The van der Waals surface area contributed by atoms with Gasteiger partial charge in [0.1, 0.15) is 6.61 Å². The van der Waals surface area contributed by atoms with Crippen molar-refractivity contribution in [3.05, 3.63) is 65.2 Å². The van der Waals surface area contributed by atoms with Crippen LogP contribution in [0.1, 0.15) is 47.9 Å². The van der Waals surface area contributed by atoms with Crippen molar-refractivity contribution in [2.45, 2.75) is 37.8 Å². The maximum Gasteiger partial charge on any atom is 0.410 e. The summed E-state index contributed by atoms with van der Waals surface area (Å²) in [6.07, 6.45) is 2.20. The van der Waals surface area contributed by atoms with Crippen LogP contribution in [-0.4, -0.2) is 68.2 Å². The Balaban J connectivity index is 1.23. The van der Waals surface area contributed by atoms with Crippen LogP contribution in [0.4, 0.5) is 10.5 Å². The molecule has 1 aliphatic carbocycles. The van der Waals surface area contributed by atoms with E-state index in [1.807, 2.05) is 35.2 Å². The van der Waals surface area contributed by atoms with E-state index in [-0.39, 0.29) is 18.1 Å². The summed E-state index contributed by atoms with van der Waals surface area (Å²) in [5.74, 6) is 0.376. The Bertz CT molecular complexity index is 1020. The number of likely N-dealkylation sites (tertiary alicyclic amines) is 1. The summed E-state index contributed by atoms with van der Waals surface area (Å²) < 4.78 is 10.4. The third-order valence-corrected chi connectivity index (χ3v) is 7.51. The van der Waals surface area contributed by atoms with E-state index >= 15 is 0 Å². The normalized spacial score (nSPS) is 21.8. The average molecular weight is 464 g/mol. The number of rotatable bonds is 6. The van der Waals surface area contributed by atoms with Gasteiger partial charge < -0.3 is 19.3 Å². The van der Waals surface area contributed by atoms with E-state index in [9.17, 15) is 9.59 Å². The van der Waals surface area contributed by atoms with Gasteiger partial charge in [0.25, 0.3) is 0 Å². The Morgan fingerprint density at radius 1 is 0.971 bits per heavy atom. The summed E-state index contributed by atoms with van der Waals surface area (Å²) >= 11 is 0. The molecule has 2 aliphatic heterocycles. The van der Waals surface area contributed by atoms with Gasteiger partial charge in [0.2, 0.25) is 0 Å². The van der Waals surface area contributed by atoms with E-state index in [0.717, 1.165) is 57.7 Å². The van der Waals surface area contributed by atoms with Crippen LogP contribution in [0.25, 0.3) is 0 Å². The molecule has 180 valence electrons. The third kappa shape index (κ3) is 4.75. The third-order valence-electron chi connectivity index (χ3n) is 7.51. The van der Waals surface area contributed by atoms with Crippen molar-refractivity contribution in [2.75, 3.05) is 51.3 Å². The van der Waals surface area contributed by atoms with Gasteiger partial charge in [-0.3, -0.25) is 9.69 Å². The number of piperazine rings is 1. The molecule has 1 amide bonds. The van der Waals surface area contributed by atoms with Crippen LogP contribution < -0.4 is 4.90 Å². The molecule has 2 atom stereocenters. The number of carbonyl (C=O) groups is 2. The van der Waals surface area contributed by atoms with Crippen molar-refractivity contribution in [1.29, 1.82) is 0 Å². The molecule has 2 fully saturated rings. The minimum Gasteiger partial charge on any atom is -0.469 e. The standard InChI is InChI=1S/C27H33N3O4/c1-33-26(31)10-11-28-13-15-29(16-14-28)22-7-8-23-21-9-12-30(25(17-21)24(23)18-22)27(32)34-19-20-5-3-2-4-6-20/h2-8,18,21,25H,9-17,19H2,1H3/t21-,25-/m1/s1. The number of piperidine rings is 1. The first kappa shape index (κ1) is 22.7. The smallest absolute Gasteiger partial charge is 0.410 e. The first-order chi connectivity index (χ1) is 16.6. The molecule has 3 aliphatic rings. The molecule has 0 radical (unpaired) electrons. The molecule has 2 heterocycles. The number of carbonyl (C=O) groups excluding carboxylic acids is 2. The molecule has 0 aromatic heterocycles. The molecule has 7 heteroatoms. The zero-order valence-corrected chi connectivity index (χ0v) is 19.8. The number of hydrogen-bond donors (Lipinski definition) is 0. The zero-order valence-electron chi connectivity index (χ0n) is 19.8. The first-order valence-corrected chi connectivity index (χ1v) is 12.3. The van der Waals surface area contributed by atoms with Crippen LogP contribution in [0.15, 0.2) is 48.5 Å². The van der Waals surface area contributed by atoms with E-state index in [4.69, 9.17) is 9.47 Å². The summed E-state index contributed by atoms with van der Waals surface area (Å²) in [6, 6.07) is 16.7. The molecule has 0 saturated carbocycles. The molecule has 2 bridgehead atoms. The molecule has 0 spiro atoms. The van der Waals surface area contributed by atoms with E-state index in [1.165, 1.54) is 23.9 Å². The number of amides is 1. The van der Waals surface area contributed by atoms with Crippen molar-refractivity contribution in [3.8, 4) is 0 Å². The van der Waals surface area contributed by atoms with Crippen LogP contribution in [0, 0.1) is 0 Å². The Labute approximate surface area is 201 Å². The quantitative estimate of drug-likeness (QED) is 0.605. The van der Waals surface area contributed by atoms with Gasteiger partial charge in [0, 0.05) is 45.0 Å². The minimum atomic E-state index is -0.218. The fraction of sp³-hybridized carbons (Fsp3) is 0.481. The molecule has 2 aromatic rings. The van der Waals surface area contributed by atoms with E-state index in [0.29, 0.717) is 18.9 Å². The predicted molar refractivity (Wildman–Crippen MR) is 130 cm³/mol. The van der Waals surface area contributed by atoms with Crippen molar-refractivity contribution in [1.82, 2.24) is 9.80 Å². The maximum absolute atomic E-state index is 13.0. The number of ether oxygens (including phenoxy) is 2. The summed E-state index contributed by atoms with van der Waals surface area (Å²) in [5.41, 5.74) is 4.90. The van der Waals surface area contributed by atoms with Crippen LogP contribution in [0.2, 0.25) is 0 Å². The van der Waals surface area contributed by atoms with E-state index in [1.54, 1.807) is 0 Å². The highest BCUT2D eigenvalue weighted by molar-refractivity contribution is 5.70. The SMILES string of the molecule is COC(=O)CCN1CCN(c2ccc3c(c2)[C@H]2C[C@H]3CCN2C(=O)OCc2ccccc2)CC1. The molecule has 7 nitrogen and oxygen atoms in total. The Kier molecular flexibility index (Phi) is 6.72. The van der Waals surface area contributed by atoms with Gasteiger partial charge in [-0.15, -0.1) is 0 Å². The van der Waals surface area contributed by atoms with Crippen molar-refractivity contribution in [2.24, 2.45) is 0 Å². The Morgan fingerprint density at radius 2 is 1.76 bits per heavy atom. The lowest BCUT2D eigenvalue weighted by Gasteiger charge is -2.36. The molecular formula is C27H33N3O4. The lowest BCUT2D eigenvalue weighted by molar-refractivity contribution is -0.141. The second-order valence-electron chi connectivity index (χ2n) is 9.44. The second-order valence-corrected chi connectivity index (χ2v) is 9.44.